The van der Waals surface area contributed by atoms with E-state index in [1.54, 1.807) is 0 Å². The minimum absolute atomic E-state index is 0.771. The molecule has 0 radical (unpaired) electrons. The molecule has 118 valence electrons. The molecule has 2 fully saturated rings. The molecule has 2 saturated carbocycles. The van der Waals surface area contributed by atoms with Crippen molar-refractivity contribution in [2.24, 2.45) is 11.8 Å². The zero-order chi connectivity index (χ0) is 14.4. The second-order valence-electron chi connectivity index (χ2n) is 7.42. The van der Waals surface area contributed by atoms with E-state index >= 15 is 0 Å². The highest BCUT2D eigenvalue weighted by molar-refractivity contribution is 4.84. The van der Waals surface area contributed by atoms with Gasteiger partial charge in [0.2, 0.25) is 0 Å². The van der Waals surface area contributed by atoms with Gasteiger partial charge < -0.3 is 10.2 Å². The van der Waals surface area contributed by atoms with Gasteiger partial charge in [-0.2, -0.15) is 0 Å². The van der Waals surface area contributed by atoms with E-state index in [2.05, 4.69) is 31.1 Å². The summed E-state index contributed by atoms with van der Waals surface area (Å²) in [7, 11) is 2.38. The lowest BCUT2D eigenvalue weighted by Gasteiger charge is -2.37. The predicted octanol–water partition coefficient (Wildman–Crippen LogP) is 4.06. The van der Waals surface area contributed by atoms with Crippen LogP contribution in [-0.2, 0) is 0 Å². The molecular weight excluding hydrogens is 244 g/mol. The van der Waals surface area contributed by atoms with Gasteiger partial charge >= 0.3 is 0 Å². The first-order valence-electron chi connectivity index (χ1n) is 9.14. The van der Waals surface area contributed by atoms with E-state index in [4.69, 9.17) is 0 Å². The molecule has 2 atom stereocenters. The molecule has 0 spiro atoms. The monoisotopic (exact) mass is 280 g/mol. The van der Waals surface area contributed by atoms with Gasteiger partial charge in [0.25, 0.3) is 0 Å². The fraction of sp³-hybridized carbons (Fsp3) is 1.00. The van der Waals surface area contributed by atoms with E-state index in [-0.39, 0.29) is 0 Å². The minimum atomic E-state index is 0.771. The van der Waals surface area contributed by atoms with Crippen LogP contribution in [0.5, 0.6) is 0 Å². The molecule has 0 amide bonds. The molecule has 0 heterocycles. The highest BCUT2D eigenvalue weighted by Crippen LogP contribution is 2.29. The van der Waals surface area contributed by atoms with Gasteiger partial charge in [-0.15, -0.1) is 0 Å². The van der Waals surface area contributed by atoms with Gasteiger partial charge in [-0.1, -0.05) is 33.1 Å². The van der Waals surface area contributed by atoms with Gasteiger partial charge in [0.05, 0.1) is 0 Å². The molecule has 2 aliphatic carbocycles. The molecule has 1 N–H and O–H groups in total. The van der Waals surface area contributed by atoms with Gasteiger partial charge in [-0.25, -0.2) is 0 Å². The molecule has 2 nitrogen and oxygen atoms in total. The summed E-state index contributed by atoms with van der Waals surface area (Å²) < 4.78 is 0. The summed E-state index contributed by atoms with van der Waals surface area (Å²) in [6.45, 7) is 7.12. The lowest BCUT2D eigenvalue weighted by Crippen LogP contribution is -2.44. The van der Waals surface area contributed by atoms with Crippen LogP contribution in [0.3, 0.4) is 0 Å². The first-order valence-corrected chi connectivity index (χ1v) is 9.14. The van der Waals surface area contributed by atoms with Crippen molar-refractivity contribution < 1.29 is 0 Å². The quantitative estimate of drug-likeness (QED) is 0.764. The highest BCUT2D eigenvalue weighted by Gasteiger charge is 2.27. The topological polar surface area (TPSA) is 15.3 Å². The number of nitrogens with one attached hydrogen (secondary N) is 1. The Morgan fingerprint density at radius 1 is 0.950 bits per heavy atom. The normalized spacial score (nSPS) is 36.0. The van der Waals surface area contributed by atoms with Crippen LogP contribution < -0.4 is 5.32 Å². The van der Waals surface area contributed by atoms with Crippen LogP contribution in [0.15, 0.2) is 0 Å². The standard InChI is InChI=1S/C18H36N2/c1-4-19-18-9-7-5-6-8-16(18)14-20(3)17-12-10-15(2)11-13-17/h15-19H,4-14H2,1-3H3. The average Bonchev–Trinajstić information content (AvgIpc) is 2.66. The van der Waals surface area contributed by atoms with Crippen LogP contribution >= 0.6 is 0 Å². The van der Waals surface area contributed by atoms with Crippen molar-refractivity contribution in [2.45, 2.75) is 83.7 Å². The number of nitrogens with zero attached hydrogens (tertiary/aromatic N) is 1. The number of hydrogen-bond acceptors (Lipinski definition) is 2. The molecule has 0 aromatic carbocycles. The van der Waals surface area contributed by atoms with E-state index in [0.29, 0.717) is 0 Å². The molecule has 20 heavy (non-hydrogen) atoms. The molecule has 2 rings (SSSR count). The van der Waals surface area contributed by atoms with Gasteiger partial charge in [-0.3, -0.25) is 0 Å². The van der Waals surface area contributed by atoms with Crippen molar-refractivity contribution in [3.63, 3.8) is 0 Å². The van der Waals surface area contributed by atoms with Gasteiger partial charge in [0.1, 0.15) is 0 Å². The van der Waals surface area contributed by atoms with Gasteiger partial charge in [-0.05, 0) is 64.0 Å². The van der Waals surface area contributed by atoms with Crippen LogP contribution in [0, 0.1) is 11.8 Å². The van der Waals surface area contributed by atoms with E-state index in [1.807, 2.05) is 0 Å². The summed E-state index contributed by atoms with van der Waals surface area (Å²) in [6, 6.07) is 1.63. The Labute approximate surface area is 126 Å². The maximum absolute atomic E-state index is 3.76. The first kappa shape index (κ1) is 16.3. The zero-order valence-corrected chi connectivity index (χ0v) is 14.0. The SMILES string of the molecule is CCNC1CCCCCC1CN(C)C1CCC(C)CC1. The van der Waals surface area contributed by atoms with Gasteiger partial charge in [0, 0.05) is 18.6 Å². The zero-order valence-electron chi connectivity index (χ0n) is 14.0. The molecule has 0 saturated heterocycles. The molecule has 0 aliphatic heterocycles. The van der Waals surface area contributed by atoms with Crippen LogP contribution in [0.2, 0.25) is 0 Å². The van der Waals surface area contributed by atoms with Crippen molar-refractivity contribution in [1.82, 2.24) is 10.2 Å². The van der Waals surface area contributed by atoms with E-state index in [1.165, 1.54) is 64.3 Å². The molecule has 2 unspecified atom stereocenters. The number of hydrogen-bond donors (Lipinski definition) is 1. The van der Waals surface area contributed by atoms with Crippen molar-refractivity contribution in [2.75, 3.05) is 20.1 Å². The smallest absolute Gasteiger partial charge is 0.0107 e. The van der Waals surface area contributed by atoms with E-state index in [9.17, 15) is 0 Å². The largest absolute Gasteiger partial charge is 0.314 e. The number of rotatable bonds is 5. The van der Waals surface area contributed by atoms with Crippen LogP contribution in [-0.4, -0.2) is 37.1 Å². The Hall–Kier alpha value is -0.0800. The summed E-state index contributed by atoms with van der Waals surface area (Å²) >= 11 is 0. The Bertz CT molecular complexity index is 258. The summed E-state index contributed by atoms with van der Waals surface area (Å²) in [5.74, 6) is 1.84. The van der Waals surface area contributed by atoms with Crippen molar-refractivity contribution in [3.8, 4) is 0 Å². The Morgan fingerprint density at radius 2 is 1.65 bits per heavy atom. The highest BCUT2D eigenvalue weighted by atomic mass is 15.1. The van der Waals surface area contributed by atoms with Crippen molar-refractivity contribution in [1.29, 1.82) is 0 Å². The van der Waals surface area contributed by atoms with Crippen molar-refractivity contribution in [3.05, 3.63) is 0 Å². The minimum Gasteiger partial charge on any atom is -0.314 e. The average molecular weight is 281 g/mol. The second-order valence-corrected chi connectivity index (χ2v) is 7.42. The van der Waals surface area contributed by atoms with E-state index < -0.39 is 0 Å². The molecule has 2 aliphatic rings. The Balaban J connectivity index is 1.85. The summed E-state index contributed by atoms with van der Waals surface area (Å²) in [5.41, 5.74) is 0. The van der Waals surface area contributed by atoms with Crippen molar-refractivity contribution >= 4 is 0 Å². The predicted molar refractivity (Wildman–Crippen MR) is 88.1 cm³/mol. The van der Waals surface area contributed by atoms with Gasteiger partial charge in [0.15, 0.2) is 0 Å². The summed E-state index contributed by atoms with van der Waals surface area (Å²) in [6.07, 6.45) is 12.9. The molecule has 0 aromatic heterocycles. The van der Waals surface area contributed by atoms with Crippen LogP contribution in [0.25, 0.3) is 0 Å². The third-order valence-corrected chi connectivity index (χ3v) is 5.76. The Kier molecular flexibility index (Phi) is 6.83. The van der Waals surface area contributed by atoms with Crippen LogP contribution in [0.4, 0.5) is 0 Å². The van der Waals surface area contributed by atoms with Crippen LogP contribution in [0.1, 0.15) is 71.6 Å². The summed E-state index contributed by atoms with van der Waals surface area (Å²) in [5, 5.41) is 3.76. The second kappa shape index (κ2) is 8.38. The molecule has 0 bridgehead atoms. The third kappa shape index (κ3) is 4.73. The molecular formula is C18H36N2. The Morgan fingerprint density at radius 3 is 2.35 bits per heavy atom. The third-order valence-electron chi connectivity index (χ3n) is 5.76. The summed E-state index contributed by atoms with van der Waals surface area (Å²) in [4.78, 5) is 2.70. The maximum Gasteiger partial charge on any atom is 0.0107 e. The fourth-order valence-corrected chi connectivity index (χ4v) is 4.34. The first-order chi connectivity index (χ1) is 9.70. The fourth-order valence-electron chi connectivity index (χ4n) is 4.34. The lowest BCUT2D eigenvalue weighted by molar-refractivity contribution is 0.134. The molecule has 0 aromatic rings. The molecule has 2 heteroatoms. The lowest BCUT2D eigenvalue weighted by atomic mass is 9.86. The van der Waals surface area contributed by atoms with E-state index in [0.717, 1.165) is 30.5 Å². The maximum atomic E-state index is 3.76.